The molecular formula is C14H16N2. The fourth-order valence-corrected chi connectivity index (χ4v) is 2.62. The van der Waals surface area contributed by atoms with Crippen molar-refractivity contribution >= 4 is 10.9 Å². The van der Waals surface area contributed by atoms with Gasteiger partial charge in [0.15, 0.2) is 0 Å². The van der Waals surface area contributed by atoms with Gasteiger partial charge in [0, 0.05) is 23.5 Å². The molecule has 1 heterocycles. The van der Waals surface area contributed by atoms with Crippen molar-refractivity contribution in [2.75, 3.05) is 6.54 Å². The van der Waals surface area contributed by atoms with Gasteiger partial charge in [0.25, 0.3) is 0 Å². The quantitative estimate of drug-likeness (QED) is 0.831. The van der Waals surface area contributed by atoms with Crippen molar-refractivity contribution in [1.29, 1.82) is 0 Å². The first-order valence-electron chi connectivity index (χ1n) is 5.89. The molecule has 82 valence electrons. The minimum atomic E-state index is 0.254. The van der Waals surface area contributed by atoms with Gasteiger partial charge >= 0.3 is 0 Å². The molecule has 1 saturated carbocycles. The Labute approximate surface area is 95.5 Å². The highest BCUT2D eigenvalue weighted by molar-refractivity contribution is 5.79. The van der Waals surface area contributed by atoms with Gasteiger partial charge < -0.3 is 5.73 Å². The molecule has 0 spiro atoms. The van der Waals surface area contributed by atoms with Crippen LogP contribution in [-0.4, -0.2) is 11.5 Å². The first-order chi connectivity index (χ1) is 7.84. The largest absolute Gasteiger partial charge is 0.330 e. The third-order valence-electron chi connectivity index (χ3n) is 3.92. The van der Waals surface area contributed by atoms with Gasteiger partial charge in [0.2, 0.25) is 0 Å². The summed E-state index contributed by atoms with van der Waals surface area (Å²) in [6.07, 6.45) is 5.61. The van der Waals surface area contributed by atoms with Gasteiger partial charge in [0.1, 0.15) is 0 Å². The van der Waals surface area contributed by atoms with Gasteiger partial charge in [0.05, 0.1) is 5.52 Å². The van der Waals surface area contributed by atoms with E-state index in [4.69, 9.17) is 5.73 Å². The fourth-order valence-electron chi connectivity index (χ4n) is 2.62. The average Bonchev–Trinajstić information content (AvgIpc) is 2.28. The Hall–Kier alpha value is -1.41. The maximum atomic E-state index is 5.93. The van der Waals surface area contributed by atoms with Crippen LogP contribution < -0.4 is 5.73 Å². The van der Waals surface area contributed by atoms with Gasteiger partial charge in [-0.25, -0.2) is 0 Å². The van der Waals surface area contributed by atoms with E-state index in [1.165, 1.54) is 30.2 Å². The summed E-state index contributed by atoms with van der Waals surface area (Å²) >= 11 is 0. The summed E-state index contributed by atoms with van der Waals surface area (Å²) in [5.41, 5.74) is 8.64. The average molecular weight is 212 g/mol. The number of fused-ring (bicyclic) bond motifs is 1. The molecule has 0 amide bonds. The molecule has 0 atom stereocenters. The van der Waals surface area contributed by atoms with Gasteiger partial charge in [-0.1, -0.05) is 18.6 Å². The molecule has 0 radical (unpaired) electrons. The zero-order valence-electron chi connectivity index (χ0n) is 9.32. The van der Waals surface area contributed by atoms with Crippen molar-refractivity contribution in [2.24, 2.45) is 5.73 Å². The van der Waals surface area contributed by atoms with Crippen molar-refractivity contribution in [1.82, 2.24) is 4.98 Å². The number of aromatic nitrogens is 1. The van der Waals surface area contributed by atoms with E-state index in [2.05, 4.69) is 29.2 Å². The lowest BCUT2D eigenvalue weighted by molar-refractivity contribution is 0.253. The van der Waals surface area contributed by atoms with E-state index in [1.54, 1.807) is 0 Å². The summed E-state index contributed by atoms with van der Waals surface area (Å²) in [6.45, 7) is 0.763. The minimum Gasteiger partial charge on any atom is -0.330 e. The zero-order valence-corrected chi connectivity index (χ0v) is 9.32. The molecule has 0 aliphatic heterocycles. The van der Waals surface area contributed by atoms with Crippen LogP contribution in [0.3, 0.4) is 0 Å². The highest BCUT2D eigenvalue weighted by Crippen LogP contribution is 2.43. The minimum absolute atomic E-state index is 0.254. The molecule has 0 unspecified atom stereocenters. The molecule has 1 fully saturated rings. The zero-order chi connectivity index (χ0) is 11.0. The standard InChI is InChI=1S/C14H16N2/c15-10-14(6-2-7-14)12-4-5-13-11(9-12)3-1-8-16-13/h1,3-5,8-9H,2,6-7,10,15H2. The predicted octanol–water partition coefficient (Wildman–Crippen LogP) is 2.62. The number of hydrogen-bond acceptors (Lipinski definition) is 2. The molecule has 1 aliphatic rings. The Kier molecular flexibility index (Phi) is 2.18. The third kappa shape index (κ3) is 1.34. The van der Waals surface area contributed by atoms with E-state index >= 15 is 0 Å². The summed E-state index contributed by atoms with van der Waals surface area (Å²) < 4.78 is 0. The molecule has 16 heavy (non-hydrogen) atoms. The van der Waals surface area contributed by atoms with Gasteiger partial charge in [-0.15, -0.1) is 0 Å². The van der Waals surface area contributed by atoms with Crippen molar-refractivity contribution in [3.8, 4) is 0 Å². The molecular weight excluding hydrogens is 196 g/mol. The lowest BCUT2D eigenvalue weighted by Crippen LogP contribution is -2.41. The Morgan fingerprint density at radius 1 is 1.25 bits per heavy atom. The molecule has 2 N–H and O–H groups in total. The highest BCUT2D eigenvalue weighted by Gasteiger charge is 2.37. The molecule has 2 aromatic rings. The number of rotatable bonds is 2. The van der Waals surface area contributed by atoms with Crippen LogP contribution in [0.4, 0.5) is 0 Å². The summed E-state index contributed by atoms with van der Waals surface area (Å²) in [6, 6.07) is 10.7. The summed E-state index contributed by atoms with van der Waals surface area (Å²) in [5, 5.41) is 1.22. The SMILES string of the molecule is NCC1(c2ccc3ncccc3c2)CCC1. The third-order valence-corrected chi connectivity index (χ3v) is 3.92. The second kappa shape index (κ2) is 3.56. The van der Waals surface area contributed by atoms with Crippen LogP contribution in [0.2, 0.25) is 0 Å². The second-order valence-corrected chi connectivity index (χ2v) is 4.75. The van der Waals surface area contributed by atoms with E-state index in [-0.39, 0.29) is 5.41 Å². The van der Waals surface area contributed by atoms with Crippen LogP contribution in [0.1, 0.15) is 24.8 Å². The predicted molar refractivity (Wildman–Crippen MR) is 66.3 cm³/mol. The molecule has 1 aromatic carbocycles. The maximum absolute atomic E-state index is 5.93. The summed E-state index contributed by atoms with van der Waals surface area (Å²) in [5.74, 6) is 0. The maximum Gasteiger partial charge on any atom is 0.0702 e. The van der Waals surface area contributed by atoms with E-state index in [1.807, 2.05) is 12.3 Å². The summed E-state index contributed by atoms with van der Waals surface area (Å²) in [4.78, 5) is 4.34. The molecule has 2 heteroatoms. The molecule has 2 nitrogen and oxygen atoms in total. The first kappa shape index (κ1) is 9.79. The van der Waals surface area contributed by atoms with Crippen LogP contribution in [0.5, 0.6) is 0 Å². The lowest BCUT2D eigenvalue weighted by Gasteiger charge is -2.41. The van der Waals surface area contributed by atoms with Crippen molar-refractivity contribution < 1.29 is 0 Å². The monoisotopic (exact) mass is 212 g/mol. The number of pyridine rings is 1. The Morgan fingerprint density at radius 2 is 2.12 bits per heavy atom. The van der Waals surface area contributed by atoms with E-state index in [9.17, 15) is 0 Å². The highest BCUT2D eigenvalue weighted by atomic mass is 14.7. The van der Waals surface area contributed by atoms with E-state index in [0.717, 1.165) is 12.1 Å². The van der Waals surface area contributed by atoms with Crippen LogP contribution in [0.25, 0.3) is 10.9 Å². The fraction of sp³-hybridized carbons (Fsp3) is 0.357. The van der Waals surface area contributed by atoms with Gasteiger partial charge in [-0.3, -0.25) is 4.98 Å². The number of nitrogens with two attached hydrogens (primary N) is 1. The lowest BCUT2D eigenvalue weighted by atomic mass is 9.64. The van der Waals surface area contributed by atoms with Crippen molar-refractivity contribution in [3.63, 3.8) is 0 Å². The second-order valence-electron chi connectivity index (χ2n) is 4.75. The Bertz CT molecular complexity index is 509. The van der Waals surface area contributed by atoms with Gasteiger partial charge in [-0.2, -0.15) is 0 Å². The van der Waals surface area contributed by atoms with Crippen LogP contribution in [0.15, 0.2) is 36.5 Å². The number of benzene rings is 1. The van der Waals surface area contributed by atoms with E-state index in [0.29, 0.717) is 0 Å². The number of hydrogen-bond donors (Lipinski definition) is 1. The van der Waals surface area contributed by atoms with Crippen LogP contribution in [-0.2, 0) is 5.41 Å². The van der Waals surface area contributed by atoms with Gasteiger partial charge in [-0.05, 0) is 36.6 Å². The summed E-state index contributed by atoms with van der Waals surface area (Å²) in [7, 11) is 0. The molecule has 0 bridgehead atoms. The normalized spacial score (nSPS) is 18.3. The van der Waals surface area contributed by atoms with E-state index < -0.39 is 0 Å². The topological polar surface area (TPSA) is 38.9 Å². The number of nitrogens with zero attached hydrogens (tertiary/aromatic N) is 1. The first-order valence-corrected chi connectivity index (χ1v) is 5.89. The van der Waals surface area contributed by atoms with Crippen LogP contribution >= 0.6 is 0 Å². The van der Waals surface area contributed by atoms with Crippen molar-refractivity contribution in [2.45, 2.75) is 24.7 Å². The Morgan fingerprint density at radius 3 is 2.81 bits per heavy atom. The molecule has 1 aliphatic carbocycles. The Balaban J connectivity index is 2.11. The molecule has 3 rings (SSSR count). The van der Waals surface area contributed by atoms with Crippen molar-refractivity contribution in [3.05, 3.63) is 42.1 Å². The smallest absolute Gasteiger partial charge is 0.0702 e. The van der Waals surface area contributed by atoms with Crippen LogP contribution in [0, 0.1) is 0 Å². The molecule has 0 saturated heterocycles. The molecule has 1 aromatic heterocycles.